The lowest BCUT2D eigenvalue weighted by molar-refractivity contribution is 0.0684. The molecule has 4 heteroatoms. The van der Waals surface area contributed by atoms with Gasteiger partial charge in [0.1, 0.15) is 0 Å². The van der Waals surface area contributed by atoms with Crippen molar-refractivity contribution in [3.63, 3.8) is 0 Å². The molecule has 82 valence electrons. The summed E-state index contributed by atoms with van der Waals surface area (Å²) in [5.74, 6) is 0. The molecular formula is C10H19NO3. The molecule has 0 atom stereocenters. The number of rotatable bonds is 4. The maximum Gasteiger partial charge on any atom is 0.507 e. The number of carbonyl (C=O) groups excluding carboxylic acids is 1. The second kappa shape index (κ2) is 6.65. The Kier molecular flexibility index (Phi) is 5.37. The van der Waals surface area contributed by atoms with E-state index in [4.69, 9.17) is 4.74 Å². The third-order valence-corrected chi connectivity index (χ3v) is 2.45. The van der Waals surface area contributed by atoms with Crippen molar-refractivity contribution >= 4 is 6.16 Å². The van der Waals surface area contributed by atoms with Crippen LogP contribution < -0.4 is 0 Å². The highest BCUT2D eigenvalue weighted by molar-refractivity contribution is 5.59. The molecule has 4 nitrogen and oxygen atoms in total. The van der Waals surface area contributed by atoms with Gasteiger partial charge in [0.05, 0.1) is 13.7 Å². The molecule has 14 heavy (non-hydrogen) atoms. The largest absolute Gasteiger partial charge is 0.507 e. The van der Waals surface area contributed by atoms with E-state index in [0.717, 1.165) is 13.0 Å². The molecular weight excluding hydrogens is 182 g/mol. The molecule has 1 fully saturated rings. The van der Waals surface area contributed by atoms with Crippen molar-refractivity contribution < 1.29 is 14.3 Å². The van der Waals surface area contributed by atoms with Crippen LogP contribution in [-0.2, 0) is 9.47 Å². The highest BCUT2D eigenvalue weighted by Gasteiger charge is 2.09. The van der Waals surface area contributed by atoms with Gasteiger partial charge in [-0.25, -0.2) is 4.79 Å². The Bertz CT molecular complexity index is 167. The van der Waals surface area contributed by atoms with Gasteiger partial charge in [0.25, 0.3) is 0 Å². The maximum atomic E-state index is 10.6. The minimum atomic E-state index is -0.580. The molecule has 1 rings (SSSR count). The summed E-state index contributed by atoms with van der Waals surface area (Å²) >= 11 is 0. The fraction of sp³-hybridized carbons (Fsp3) is 0.900. The number of carbonyl (C=O) groups is 1. The molecule has 0 N–H and O–H groups in total. The molecule has 1 aliphatic rings. The molecule has 1 aliphatic heterocycles. The van der Waals surface area contributed by atoms with E-state index < -0.39 is 6.16 Å². The smallest absolute Gasteiger partial charge is 0.438 e. The Labute approximate surface area is 85.2 Å². The summed E-state index contributed by atoms with van der Waals surface area (Å²) < 4.78 is 9.16. The number of hydrogen-bond acceptors (Lipinski definition) is 4. The first-order chi connectivity index (χ1) is 6.83. The van der Waals surface area contributed by atoms with E-state index in [9.17, 15) is 4.79 Å². The fourth-order valence-corrected chi connectivity index (χ4v) is 1.69. The van der Waals surface area contributed by atoms with Crippen LogP contribution in [0, 0.1) is 0 Å². The van der Waals surface area contributed by atoms with Crippen LogP contribution in [0.1, 0.15) is 25.7 Å². The average molecular weight is 201 g/mol. The Morgan fingerprint density at radius 3 is 2.64 bits per heavy atom. The van der Waals surface area contributed by atoms with Gasteiger partial charge < -0.3 is 14.4 Å². The van der Waals surface area contributed by atoms with Crippen LogP contribution in [0.25, 0.3) is 0 Å². The second-order valence-corrected chi connectivity index (χ2v) is 3.56. The molecule has 0 aromatic carbocycles. The Morgan fingerprint density at radius 1 is 1.29 bits per heavy atom. The van der Waals surface area contributed by atoms with Gasteiger partial charge >= 0.3 is 6.16 Å². The third kappa shape index (κ3) is 4.46. The zero-order chi connectivity index (χ0) is 10.2. The highest BCUT2D eigenvalue weighted by Crippen LogP contribution is 2.08. The predicted octanol–water partition coefficient (Wildman–Crippen LogP) is 1.65. The van der Waals surface area contributed by atoms with Gasteiger partial charge in [-0.1, -0.05) is 6.42 Å². The Morgan fingerprint density at radius 2 is 2.00 bits per heavy atom. The minimum Gasteiger partial charge on any atom is -0.438 e. The Hall–Kier alpha value is -0.770. The third-order valence-electron chi connectivity index (χ3n) is 2.45. The molecule has 0 spiro atoms. The van der Waals surface area contributed by atoms with Gasteiger partial charge in [0.15, 0.2) is 0 Å². The summed E-state index contributed by atoms with van der Waals surface area (Å²) in [6.07, 6.45) is 4.28. The van der Waals surface area contributed by atoms with Crippen molar-refractivity contribution in [2.45, 2.75) is 25.7 Å². The monoisotopic (exact) mass is 201 g/mol. The molecule has 0 amide bonds. The van der Waals surface area contributed by atoms with Gasteiger partial charge in [0, 0.05) is 6.54 Å². The van der Waals surface area contributed by atoms with E-state index in [-0.39, 0.29) is 0 Å². The summed E-state index contributed by atoms with van der Waals surface area (Å²) in [4.78, 5) is 13.0. The van der Waals surface area contributed by atoms with E-state index in [2.05, 4.69) is 9.64 Å². The molecule has 0 aromatic heterocycles. The molecule has 0 aliphatic carbocycles. The van der Waals surface area contributed by atoms with Crippen molar-refractivity contribution in [2.75, 3.05) is 33.4 Å². The first-order valence-corrected chi connectivity index (χ1v) is 5.26. The molecule has 1 saturated heterocycles. The lowest BCUT2D eigenvalue weighted by atomic mass is 10.1. The number of likely N-dealkylation sites (tertiary alicyclic amines) is 1. The highest BCUT2D eigenvalue weighted by atomic mass is 16.7. The number of nitrogens with zero attached hydrogens (tertiary/aromatic N) is 1. The van der Waals surface area contributed by atoms with Crippen molar-refractivity contribution in [3.05, 3.63) is 0 Å². The quantitative estimate of drug-likeness (QED) is 0.512. The van der Waals surface area contributed by atoms with Gasteiger partial charge in [-0.3, -0.25) is 0 Å². The fourth-order valence-electron chi connectivity index (χ4n) is 1.69. The van der Waals surface area contributed by atoms with Crippen LogP contribution in [0.3, 0.4) is 0 Å². The normalized spacial score (nSPS) is 17.8. The number of hydrogen-bond donors (Lipinski definition) is 0. The van der Waals surface area contributed by atoms with E-state index in [1.165, 1.54) is 39.5 Å². The maximum absolute atomic E-state index is 10.6. The van der Waals surface area contributed by atoms with Crippen LogP contribution >= 0.6 is 0 Å². The van der Waals surface area contributed by atoms with Gasteiger partial charge in [-0.2, -0.15) is 0 Å². The zero-order valence-electron chi connectivity index (χ0n) is 8.83. The van der Waals surface area contributed by atoms with Crippen LogP contribution in [0.4, 0.5) is 4.79 Å². The SMILES string of the molecule is COC(=O)OCCCN1CCCCC1. The number of piperidine rings is 1. The molecule has 0 bridgehead atoms. The topological polar surface area (TPSA) is 38.8 Å². The van der Waals surface area contributed by atoms with Crippen LogP contribution in [0.2, 0.25) is 0 Å². The van der Waals surface area contributed by atoms with E-state index >= 15 is 0 Å². The standard InChI is InChI=1S/C10H19NO3/c1-13-10(12)14-9-5-8-11-6-3-2-4-7-11/h2-9H2,1H3. The van der Waals surface area contributed by atoms with Crippen molar-refractivity contribution in [2.24, 2.45) is 0 Å². The number of ether oxygens (including phenoxy) is 2. The van der Waals surface area contributed by atoms with Gasteiger partial charge in [-0.05, 0) is 32.4 Å². The first kappa shape index (κ1) is 11.3. The van der Waals surface area contributed by atoms with Crippen molar-refractivity contribution in [3.8, 4) is 0 Å². The molecule has 0 unspecified atom stereocenters. The van der Waals surface area contributed by atoms with Crippen molar-refractivity contribution in [1.82, 2.24) is 4.90 Å². The predicted molar refractivity (Wildman–Crippen MR) is 53.3 cm³/mol. The summed E-state index contributed by atoms with van der Waals surface area (Å²) in [5.41, 5.74) is 0. The van der Waals surface area contributed by atoms with Gasteiger partial charge in [0.2, 0.25) is 0 Å². The summed E-state index contributed by atoms with van der Waals surface area (Å²) in [6, 6.07) is 0. The molecule has 0 aromatic rings. The van der Waals surface area contributed by atoms with Crippen molar-refractivity contribution in [1.29, 1.82) is 0 Å². The molecule has 0 radical (unpaired) electrons. The first-order valence-electron chi connectivity index (χ1n) is 5.26. The Balaban J connectivity index is 1.94. The summed E-state index contributed by atoms with van der Waals surface area (Å²) in [5, 5.41) is 0. The van der Waals surface area contributed by atoms with Crippen LogP contribution in [0.15, 0.2) is 0 Å². The van der Waals surface area contributed by atoms with E-state index in [0.29, 0.717) is 6.61 Å². The lowest BCUT2D eigenvalue weighted by Gasteiger charge is -2.26. The minimum absolute atomic E-state index is 0.461. The molecule has 1 heterocycles. The zero-order valence-corrected chi connectivity index (χ0v) is 8.83. The lowest BCUT2D eigenvalue weighted by Crippen LogP contribution is -2.31. The summed E-state index contributed by atoms with van der Waals surface area (Å²) in [6.45, 7) is 3.87. The van der Waals surface area contributed by atoms with Gasteiger partial charge in [-0.15, -0.1) is 0 Å². The number of methoxy groups -OCH3 is 1. The van der Waals surface area contributed by atoms with Crippen LogP contribution in [0.5, 0.6) is 0 Å². The summed E-state index contributed by atoms with van der Waals surface area (Å²) in [7, 11) is 1.33. The molecule has 0 saturated carbocycles. The van der Waals surface area contributed by atoms with Crippen LogP contribution in [-0.4, -0.2) is 44.4 Å². The average Bonchev–Trinajstić information content (AvgIpc) is 2.25. The van der Waals surface area contributed by atoms with E-state index in [1.54, 1.807) is 0 Å². The second-order valence-electron chi connectivity index (χ2n) is 3.56. The van der Waals surface area contributed by atoms with E-state index in [1.807, 2.05) is 0 Å².